The Balaban J connectivity index is 2.67. The van der Waals surface area contributed by atoms with E-state index in [0.717, 1.165) is 0 Å². The molecule has 0 heterocycles. The maximum absolute atomic E-state index is 2.24. The Morgan fingerprint density at radius 1 is 0.846 bits per heavy atom. The van der Waals surface area contributed by atoms with E-state index in [1.807, 2.05) is 0 Å². The Bertz CT molecular complexity index is 374. The lowest BCUT2D eigenvalue weighted by Gasteiger charge is -2.06. The van der Waals surface area contributed by atoms with E-state index in [-0.39, 0.29) is 0 Å². The lowest BCUT2D eigenvalue weighted by molar-refractivity contribution is 0.871. The molecule has 0 saturated carbocycles. The minimum Gasteiger partial charge on any atom is -0.0619 e. The Kier molecular flexibility index (Phi) is 2.05. The smallest absolute Gasteiger partial charge is 0.0149 e. The summed E-state index contributed by atoms with van der Waals surface area (Å²) in [5.74, 6) is 0.595. The molecule has 0 saturated heterocycles. The van der Waals surface area contributed by atoms with E-state index >= 15 is 0 Å². The fourth-order valence-corrected chi connectivity index (χ4v) is 1.75. The van der Waals surface area contributed by atoms with Crippen molar-refractivity contribution >= 4 is 0 Å². The van der Waals surface area contributed by atoms with E-state index in [1.54, 1.807) is 0 Å². The molecule has 66 valence electrons. The third-order valence-corrected chi connectivity index (χ3v) is 2.45. The quantitative estimate of drug-likeness (QED) is 0.608. The van der Waals surface area contributed by atoms with Gasteiger partial charge in [0.2, 0.25) is 0 Å². The van der Waals surface area contributed by atoms with Crippen molar-refractivity contribution in [2.24, 2.45) is 0 Å². The van der Waals surface area contributed by atoms with Crippen molar-refractivity contribution in [1.82, 2.24) is 0 Å². The van der Waals surface area contributed by atoms with Gasteiger partial charge in [-0.05, 0) is 22.6 Å². The van der Waals surface area contributed by atoms with Gasteiger partial charge in [0.1, 0.15) is 0 Å². The van der Waals surface area contributed by atoms with Crippen molar-refractivity contribution in [2.75, 3.05) is 0 Å². The molecule has 0 aromatic heterocycles. The van der Waals surface area contributed by atoms with Crippen molar-refractivity contribution in [3.63, 3.8) is 0 Å². The van der Waals surface area contributed by atoms with Gasteiger partial charge in [-0.25, -0.2) is 0 Å². The molecule has 13 heavy (non-hydrogen) atoms. The highest BCUT2D eigenvalue weighted by atomic mass is 14.1. The molecule has 0 nitrogen and oxygen atoms in total. The standard InChI is InChI=1S/C13H14/c1-10(2)12-8-4-3-6-11-7-5-9-13(11)12/h3-10H,1-2H3. The van der Waals surface area contributed by atoms with E-state index in [4.69, 9.17) is 0 Å². The summed E-state index contributed by atoms with van der Waals surface area (Å²) < 4.78 is 0. The largest absolute Gasteiger partial charge is 0.0619 e. The predicted molar refractivity (Wildman–Crippen MR) is 57.2 cm³/mol. The van der Waals surface area contributed by atoms with Crippen LogP contribution in [0.3, 0.4) is 0 Å². The van der Waals surface area contributed by atoms with Gasteiger partial charge in [-0.3, -0.25) is 0 Å². The van der Waals surface area contributed by atoms with Crippen LogP contribution in [0, 0.1) is 0 Å². The van der Waals surface area contributed by atoms with Crippen LogP contribution < -0.4 is 0 Å². The lowest BCUT2D eigenvalue weighted by Crippen LogP contribution is -1.86. The van der Waals surface area contributed by atoms with E-state index in [2.05, 4.69) is 56.3 Å². The third kappa shape index (κ3) is 1.44. The molecule has 0 bridgehead atoms. The fraction of sp³-hybridized carbons (Fsp3) is 0.231. The summed E-state index contributed by atoms with van der Waals surface area (Å²) in [5, 5.41) is 0. The number of hydrogen-bond acceptors (Lipinski definition) is 0. The van der Waals surface area contributed by atoms with Gasteiger partial charge in [-0.15, -0.1) is 0 Å². The Labute approximate surface area is 79.6 Å². The molecule has 2 rings (SSSR count). The van der Waals surface area contributed by atoms with Crippen LogP contribution in [0.4, 0.5) is 0 Å². The van der Waals surface area contributed by atoms with Crippen molar-refractivity contribution in [3.8, 4) is 11.1 Å². The molecule has 0 fully saturated rings. The molecular formula is C13H14. The second-order valence-electron chi connectivity index (χ2n) is 3.72. The maximum Gasteiger partial charge on any atom is -0.0149 e. The molecule has 0 unspecified atom stereocenters. The van der Waals surface area contributed by atoms with Crippen LogP contribution in [0.5, 0.6) is 0 Å². The Hall–Kier alpha value is -1.30. The van der Waals surface area contributed by atoms with Crippen molar-refractivity contribution in [3.05, 3.63) is 48.0 Å². The van der Waals surface area contributed by atoms with Gasteiger partial charge in [-0.2, -0.15) is 0 Å². The highest BCUT2D eigenvalue weighted by Gasteiger charge is 2.07. The molecule has 0 radical (unpaired) electrons. The van der Waals surface area contributed by atoms with Gasteiger partial charge in [0.15, 0.2) is 0 Å². The highest BCUT2D eigenvalue weighted by Crippen LogP contribution is 2.30. The summed E-state index contributed by atoms with van der Waals surface area (Å²) in [6.07, 6.45) is 0. The third-order valence-electron chi connectivity index (χ3n) is 2.45. The van der Waals surface area contributed by atoms with Gasteiger partial charge >= 0.3 is 0 Å². The fourth-order valence-electron chi connectivity index (χ4n) is 1.75. The number of rotatable bonds is 1. The summed E-state index contributed by atoms with van der Waals surface area (Å²) in [6, 6.07) is 15.1. The zero-order valence-electron chi connectivity index (χ0n) is 8.12. The molecule has 0 aliphatic heterocycles. The normalized spacial score (nSPS) is 11.0. The zero-order chi connectivity index (χ0) is 9.26. The second-order valence-corrected chi connectivity index (χ2v) is 3.72. The number of fused-ring (bicyclic) bond motifs is 1. The van der Waals surface area contributed by atoms with E-state index < -0.39 is 0 Å². The topological polar surface area (TPSA) is 0 Å². The molecule has 0 amide bonds. The highest BCUT2D eigenvalue weighted by molar-refractivity contribution is 5.70. The summed E-state index contributed by atoms with van der Waals surface area (Å²) in [4.78, 5) is 0. The SMILES string of the molecule is CC(C)c1ccccc2cccc1-2. The summed E-state index contributed by atoms with van der Waals surface area (Å²) in [5.41, 5.74) is 4.17. The monoisotopic (exact) mass is 170 g/mol. The summed E-state index contributed by atoms with van der Waals surface area (Å²) >= 11 is 0. The van der Waals surface area contributed by atoms with Crippen LogP contribution in [-0.4, -0.2) is 0 Å². The lowest BCUT2D eigenvalue weighted by atomic mass is 9.98. The van der Waals surface area contributed by atoms with Crippen LogP contribution in [-0.2, 0) is 0 Å². The first-order chi connectivity index (χ1) is 6.29. The summed E-state index contributed by atoms with van der Waals surface area (Å²) in [6.45, 7) is 4.48. The molecule has 0 aromatic carbocycles. The zero-order valence-corrected chi connectivity index (χ0v) is 8.12. The van der Waals surface area contributed by atoms with Gasteiger partial charge in [0, 0.05) is 0 Å². The molecule has 0 heteroatoms. The van der Waals surface area contributed by atoms with Gasteiger partial charge in [0.25, 0.3) is 0 Å². The van der Waals surface area contributed by atoms with Gasteiger partial charge in [0.05, 0.1) is 0 Å². The van der Waals surface area contributed by atoms with Crippen LogP contribution >= 0.6 is 0 Å². The molecular weight excluding hydrogens is 156 g/mol. The minimum atomic E-state index is 0.595. The van der Waals surface area contributed by atoms with Crippen molar-refractivity contribution < 1.29 is 0 Å². The first-order valence-electron chi connectivity index (χ1n) is 4.76. The van der Waals surface area contributed by atoms with Crippen molar-refractivity contribution in [2.45, 2.75) is 19.8 Å². The minimum absolute atomic E-state index is 0.595. The van der Waals surface area contributed by atoms with Crippen LogP contribution in [0.25, 0.3) is 11.1 Å². The van der Waals surface area contributed by atoms with Gasteiger partial charge in [-0.1, -0.05) is 56.3 Å². The van der Waals surface area contributed by atoms with Crippen molar-refractivity contribution in [1.29, 1.82) is 0 Å². The average Bonchev–Trinajstić information content (AvgIpc) is 2.44. The van der Waals surface area contributed by atoms with E-state index in [9.17, 15) is 0 Å². The first-order valence-corrected chi connectivity index (χ1v) is 4.76. The van der Waals surface area contributed by atoms with Gasteiger partial charge < -0.3 is 0 Å². The molecule has 0 N–H and O–H groups in total. The Morgan fingerprint density at radius 2 is 1.54 bits per heavy atom. The first kappa shape index (κ1) is 8.31. The number of hydrogen-bond donors (Lipinski definition) is 0. The molecule has 2 aliphatic rings. The maximum atomic E-state index is 2.24. The van der Waals surface area contributed by atoms with E-state index in [0.29, 0.717) is 5.92 Å². The van der Waals surface area contributed by atoms with Crippen LogP contribution in [0.15, 0.2) is 42.5 Å². The molecule has 0 aromatic rings. The average molecular weight is 170 g/mol. The second kappa shape index (κ2) is 3.21. The van der Waals surface area contributed by atoms with Crippen LogP contribution in [0.2, 0.25) is 0 Å². The van der Waals surface area contributed by atoms with E-state index in [1.165, 1.54) is 16.7 Å². The molecule has 2 aliphatic carbocycles. The molecule has 0 spiro atoms. The molecule has 0 atom stereocenters. The van der Waals surface area contributed by atoms with Crippen LogP contribution in [0.1, 0.15) is 25.3 Å². The Morgan fingerprint density at radius 3 is 2.31 bits per heavy atom. The predicted octanol–water partition coefficient (Wildman–Crippen LogP) is 3.91. The summed E-state index contributed by atoms with van der Waals surface area (Å²) in [7, 11) is 0.